The minimum Gasteiger partial charge on any atom is -0.344 e. The van der Waals surface area contributed by atoms with E-state index in [1.165, 1.54) is 4.90 Å². The minimum atomic E-state index is 0.168. The number of quaternary nitrogens is 1. The van der Waals surface area contributed by atoms with Gasteiger partial charge in [0.25, 0.3) is 5.91 Å². The van der Waals surface area contributed by atoms with Gasteiger partial charge in [0, 0.05) is 14.1 Å². The number of aryl methyl sites for hydroxylation is 2. The van der Waals surface area contributed by atoms with Crippen molar-refractivity contribution in [1.29, 1.82) is 0 Å². The van der Waals surface area contributed by atoms with Crippen LogP contribution in [0.25, 0.3) is 0 Å². The molecule has 1 fully saturated rings. The van der Waals surface area contributed by atoms with Crippen LogP contribution in [0.3, 0.4) is 0 Å². The SMILES string of the molecule is Cc1cc(C)c(NC(=S)N2CC[NH+](CC(=O)N(C)C)CC2)c(Cl)c1. The number of thiocarbonyl (C=S) groups is 1. The van der Waals surface area contributed by atoms with Crippen LogP contribution in [0.15, 0.2) is 12.1 Å². The van der Waals surface area contributed by atoms with Crippen molar-refractivity contribution in [3.8, 4) is 0 Å². The van der Waals surface area contributed by atoms with Gasteiger partial charge in [0.05, 0.1) is 36.9 Å². The Balaban J connectivity index is 1.91. The monoisotopic (exact) mass is 369 g/mol. The lowest BCUT2D eigenvalue weighted by Crippen LogP contribution is -3.15. The highest BCUT2D eigenvalue weighted by Gasteiger charge is 2.24. The van der Waals surface area contributed by atoms with Crippen molar-refractivity contribution in [2.75, 3.05) is 52.1 Å². The number of carbonyl (C=O) groups excluding carboxylic acids is 1. The topological polar surface area (TPSA) is 40.0 Å². The molecule has 7 heteroatoms. The van der Waals surface area contributed by atoms with E-state index in [-0.39, 0.29) is 5.91 Å². The molecule has 2 rings (SSSR count). The van der Waals surface area contributed by atoms with Gasteiger partial charge in [-0.25, -0.2) is 0 Å². The molecule has 1 saturated heterocycles. The molecule has 0 atom stereocenters. The van der Waals surface area contributed by atoms with Gasteiger partial charge in [0.1, 0.15) is 0 Å². The Morgan fingerprint density at radius 3 is 2.50 bits per heavy atom. The van der Waals surface area contributed by atoms with Crippen molar-refractivity contribution in [1.82, 2.24) is 9.80 Å². The first-order chi connectivity index (χ1) is 11.3. The Bertz CT molecular complexity index is 604. The van der Waals surface area contributed by atoms with Crippen LogP contribution in [-0.4, -0.2) is 67.6 Å². The fraction of sp³-hybridized carbons (Fsp3) is 0.529. The van der Waals surface area contributed by atoms with Crippen LogP contribution in [0.4, 0.5) is 5.69 Å². The van der Waals surface area contributed by atoms with E-state index in [1.807, 2.05) is 19.9 Å². The minimum absolute atomic E-state index is 0.168. The number of halogens is 1. The second-order valence-electron chi connectivity index (χ2n) is 6.57. The Kier molecular flexibility index (Phi) is 6.43. The fourth-order valence-electron chi connectivity index (χ4n) is 2.83. The number of hydrogen-bond acceptors (Lipinski definition) is 2. The Morgan fingerprint density at radius 2 is 1.96 bits per heavy atom. The summed E-state index contributed by atoms with van der Waals surface area (Å²) in [5.74, 6) is 0.168. The van der Waals surface area contributed by atoms with Gasteiger partial charge in [0.15, 0.2) is 11.7 Å². The van der Waals surface area contributed by atoms with E-state index in [0.717, 1.165) is 43.0 Å². The van der Waals surface area contributed by atoms with Crippen LogP contribution in [-0.2, 0) is 4.79 Å². The molecule has 0 bridgehead atoms. The van der Waals surface area contributed by atoms with E-state index in [9.17, 15) is 4.79 Å². The number of nitrogens with one attached hydrogen (secondary N) is 2. The summed E-state index contributed by atoms with van der Waals surface area (Å²) in [6.07, 6.45) is 0. The fourth-order valence-corrected chi connectivity index (χ4v) is 3.49. The van der Waals surface area contributed by atoms with Crippen LogP contribution in [0.1, 0.15) is 11.1 Å². The van der Waals surface area contributed by atoms with Crippen molar-refractivity contribution in [2.45, 2.75) is 13.8 Å². The predicted octanol–water partition coefficient (Wildman–Crippen LogP) is 0.942. The van der Waals surface area contributed by atoms with E-state index in [2.05, 4.69) is 16.3 Å². The van der Waals surface area contributed by atoms with Gasteiger partial charge in [-0.3, -0.25) is 4.79 Å². The molecule has 132 valence electrons. The first-order valence-electron chi connectivity index (χ1n) is 8.14. The zero-order valence-corrected chi connectivity index (χ0v) is 16.4. The Hall–Kier alpha value is -1.37. The normalized spacial score (nSPS) is 15.3. The number of anilines is 1. The molecule has 0 radical (unpaired) electrons. The van der Waals surface area contributed by atoms with Gasteiger partial charge >= 0.3 is 0 Å². The molecule has 0 spiro atoms. The number of piperazine rings is 1. The lowest BCUT2D eigenvalue weighted by Gasteiger charge is -2.34. The number of amides is 1. The van der Waals surface area contributed by atoms with Gasteiger partial charge in [-0.2, -0.15) is 0 Å². The molecule has 1 aromatic rings. The van der Waals surface area contributed by atoms with Crippen LogP contribution in [0.2, 0.25) is 5.02 Å². The van der Waals surface area contributed by atoms with E-state index in [1.54, 1.807) is 19.0 Å². The molecule has 24 heavy (non-hydrogen) atoms. The molecular weight excluding hydrogens is 344 g/mol. The molecule has 1 aliphatic rings. The van der Waals surface area contributed by atoms with Crippen LogP contribution < -0.4 is 10.2 Å². The largest absolute Gasteiger partial charge is 0.344 e. The number of likely N-dealkylation sites (N-methyl/N-ethyl adjacent to an activating group) is 1. The van der Waals surface area contributed by atoms with Crippen molar-refractivity contribution < 1.29 is 9.69 Å². The second-order valence-corrected chi connectivity index (χ2v) is 7.36. The highest BCUT2D eigenvalue weighted by Crippen LogP contribution is 2.27. The molecule has 0 unspecified atom stereocenters. The predicted molar refractivity (Wildman–Crippen MR) is 103 cm³/mol. The number of nitrogens with zero attached hydrogens (tertiary/aromatic N) is 2. The van der Waals surface area contributed by atoms with Crippen molar-refractivity contribution >= 4 is 40.5 Å². The number of benzene rings is 1. The lowest BCUT2D eigenvalue weighted by atomic mass is 10.1. The van der Waals surface area contributed by atoms with Gasteiger partial charge in [0.2, 0.25) is 0 Å². The number of carbonyl (C=O) groups is 1. The molecule has 1 aliphatic heterocycles. The van der Waals surface area contributed by atoms with Crippen LogP contribution >= 0.6 is 23.8 Å². The van der Waals surface area contributed by atoms with Gasteiger partial charge in [-0.15, -0.1) is 0 Å². The molecule has 2 N–H and O–H groups in total. The van der Waals surface area contributed by atoms with Crippen LogP contribution in [0.5, 0.6) is 0 Å². The summed E-state index contributed by atoms with van der Waals surface area (Å²) in [6, 6.07) is 4.03. The average Bonchev–Trinajstić information content (AvgIpc) is 2.51. The quantitative estimate of drug-likeness (QED) is 0.778. The first-order valence-corrected chi connectivity index (χ1v) is 8.93. The highest BCUT2D eigenvalue weighted by atomic mass is 35.5. The van der Waals surface area contributed by atoms with E-state index < -0.39 is 0 Å². The maximum Gasteiger partial charge on any atom is 0.277 e. The van der Waals surface area contributed by atoms with E-state index in [0.29, 0.717) is 16.7 Å². The van der Waals surface area contributed by atoms with E-state index >= 15 is 0 Å². The number of rotatable bonds is 3. The average molecular weight is 370 g/mol. The summed E-state index contributed by atoms with van der Waals surface area (Å²) >= 11 is 11.9. The van der Waals surface area contributed by atoms with Gasteiger partial charge in [-0.1, -0.05) is 17.7 Å². The third-order valence-electron chi connectivity index (χ3n) is 4.32. The summed E-state index contributed by atoms with van der Waals surface area (Å²) < 4.78 is 0. The summed E-state index contributed by atoms with van der Waals surface area (Å²) in [7, 11) is 3.59. The molecule has 0 aliphatic carbocycles. The molecule has 1 heterocycles. The maximum atomic E-state index is 11.8. The molecule has 0 saturated carbocycles. The zero-order chi connectivity index (χ0) is 17.9. The first kappa shape index (κ1) is 19.0. The standard InChI is InChI=1S/C17H25ClN4OS/c1-12-9-13(2)16(14(18)10-12)19-17(24)22-7-5-21(6-8-22)11-15(23)20(3)4/h9-10H,5-8,11H2,1-4H3,(H,19,24)/p+1. The zero-order valence-electron chi connectivity index (χ0n) is 14.8. The summed E-state index contributed by atoms with van der Waals surface area (Å²) in [5.41, 5.74) is 3.10. The smallest absolute Gasteiger partial charge is 0.277 e. The van der Waals surface area contributed by atoms with Crippen molar-refractivity contribution in [2.24, 2.45) is 0 Å². The van der Waals surface area contributed by atoms with Crippen LogP contribution in [0, 0.1) is 13.8 Å². The van der Waals surface area contributed by atoms with Gasteiger partial charge in [-0.05, 0) is 43.3 Å². The summed E-state index contributed by atoms with van der Waals surface area (Å²) in [5, 5.41) is 4.68. The number of hydrogen-bond donors (Lipinski definition) is 2. The van der Waals surface area contributed by atoms with Gasteiger partial charge < -0.3 is 20.0 Å². The maximum absolute atomic E-state index is 11.8. The van der Waals surface area contributed by atoms with Crippen molar-refractivity contribution in [3.05, 3.63) is 28.3 Å². The Labute approximate surface area is 154 Å². The lowest BCUT2D eigenvalue weighted by molar-refractivity contribution is -0.896. The van der Waals surface area contributed by atoms with Crippen molar-refractivity contribution in [3.63, 3.8) is 0 Å². The molecular formula is C17H26ClN4OS+. The highest BCUT2D eigenvalue weighted by molar-refractivity contribution is 7.80. The molecule has 1 amide bonds. The second kappa shape index (κ2) is 8.14. The molecule has 5 nitrogen and oxygen atoms in total. The molecule has 0 aromatic heterocycles. The third kappa shape index (κ3) is 4.82. The summed E-state index contributed by atoms with van der Waals surface area (Å²) in [4.78, 5) is 16.9. The third-order valence-corrected chi connectivity index (χ3v) is 4.98. The summed E-state index contributed by atoms with van der Waals surface area (Å²) in [6.45, 7) is 8.08. The Morgan fingerprint density at radius 1 is 1.33 bits per heavy atom. The van der Waals surface area contributed by atoms with E-state index in [4.69, 9.17) is 23.8 Å². The molecule has 1 aromatic carbocycles.